The van der Waals surface area contributed by atoms with Crippen molar-refractivity contribution in [1.29, 1.82) is 0 Å². The van der Waals surface area contributed by atoms with E-state index in [0.29, 0.717) is 6.04 Å². The summed E-state index contributed by atoms with van der Waals surface area (Å²) in [5.41, 5.74) is 5.79. The molecule has 14 heavy (non-hydrogen) atoms. The van der Waals surface area contributed by atoms with Gasteiger partial charge in [-0.15, -0.1) is 0 Å². The number of likely N-dealkylation sites (N-methyl/N-ethyl adjacent to an activating group) is 1. The van der Waals surface area contributed by atoms with Gasteiger partial charge in [0.15, 0.2) is 0 Å². The third kappa shape index (κ3) is 6.39. The van der Waals surface area contributed by atoms with E-state index in [1.54, 1.807) is 0 Å². The van der Waals surface area contributed by atoms with E-state index in [9.17, 15) is 0 Å². The van der Waals surface area contributed by atoms with E-state index in [-0.39, 0.29) is 0 Å². The molecule has 0 radical (unpaired) electrons. The Morgan fingerprint density at radius 1 is 1.07 bits per heavy atom. The van der Waals surface area contributed by atoms with Crippen LogP contribution in [0.2, 0.25) is 0 Å². The second kappa shape index (κ2) is 7.24. The van der Waals surface area contributed by atoms with Crippen LogP contribution in [0.3, 0.4) is 0 Å². The summed E-state index contributed by atoms with van der Waals surface area (Å²) in [5.74, 6) is 1.53. The van der Waals surface area contributed by atoms with Gasteiger partial charge < -0.3 is 10.6 Å². The van der Waals surface area contributed by atoms with Crippen LogP contribution in [-0.4, -0.2) is 31.1 Å². The van der Waals surface area contributed by atoms with Crippen LogP contribution in [0.4, 0.5) is 0 Å². The molecule has 0 spiro atoms. The first-order valence-electron chi connectivity index (χ1n) is 5.87. The predicted octanol–water partition coefficient (Wildman–Crippen LogP) is 2.34. The Hall–Kier alpha value is -0.0800. The molecule has 1 unspecified atom stereocenters. The molecule has 0 bridgehead atoms. The van der Waals surface area contributed by atoms with Crippen molar-refractivity contribution in [2.24, 2.45) is 17.6 Å². The Kier molecular flexibility index (Phi) is 7.20. The fourth-order valence-electron chi connectivity index (χ4n) is 1.64. The van der Waals surface area contributed by atoms with Crippen LogP contribution in [0.1, 0.15) is 40.5 Å². The van der Waals surface area contributed by atoms with E-state index in [4.69, 9.17) is 5.73 Å². The summed E-state index contributed by atoms with van der Waals surface area (Å²) >= 11 is 0. The number of hydrogen-bond donors (Lipinski definition) is 1. The minimum Gasteiger partial charge on any atom is -0.329 e. The third-order valence-corrected chi connectivity index (χ3v) is 2.70. The highest BCUT2D eigenvalue weighted by molar-refractivity contribution is 4.71. The minimum atomic E-state index is 0.564. The molecule has 0 fully saturated rings. The van der Waals surface area contributed by atoms with E-state index in [1.165, 1.54) is 19.4 Å². The molecule has 0 aliphatic carbocycles. The van der Waals surface area contributed by atoms with Crippen molar-refractivity contribution in [2.45, 2.75) is 46.6 Å². The first-order chi connectivity index (χ1) is 6.47. The molecule has 2 heteroatoms. The van der Waals surface area contributed by atoms with Gasteiger partial charge in [-0.05, 0) is 38.3 Å². The molecule has 86 valence electrons. The number of nitrogens with two attached hydrogens (primary N) is 1. The van der Waals surface area contributed by atoms with Gasteiger partial charge in [-0.25, -0.2) is 0 Å². The molecule has 1 atom stereocenters. The summed E-state index contributed by atoms with van der Waals surface area (Å²) < 4.78 is 0. The van der Waals surface area contributed by atoms with Gasteiger partial charge in [0.1, 0.15) is 0 Å². The van der Waals surface area contributed by atoms with Gasteiger partial charge in [-0.3, -0.25) is 0 Å². The molecule has 0 aromatic carbocycles. The lowest BCUT2D eigenvalue weighted by Gasteiger charge is -2.28. The van der Waals surface area contributed by atoms with Gasteiger partial charge in [0, 0.05) is 12.6 Å². The van der Waals surface area contributed by atoms with Crippen LogP contribution < -0.4 is 5.73 Å². The van der Waals surface area contributed by atoms with Gasteiger partial charge in [0.05, 0.1) is 0 Å². The summed E-state index contributed by atoms with van der Waals surface area (Å²) in [6, 6.07) is 0.564. The molecule has 0 aromatic rings. The van der Waals surface area contributed by atoms with Crippen LogP contribution in [0.25, 0.3) is 0 Å². The first kappa shape index (κ1) is 13.9. The van der Waals surface area contributed by atoms with Crippen molar-refractivity contribution in [1.82, 2.24) is 4.90 Å². The third-order valence-electron chi connectivity index (χ3n) is 2.70. The topological polar surface area (TPSA) is 29.3 Å². The Morgan fingerprint density at radius 2 is 1.64 bits per heavy atom. The molecule has 0 saturated heterocycles. The van der Waals surface area contributed by atoms with Gasteiger partial charge >= 0.3 is 0 Å². The van der Waals surface area contributed by atoms with Crippen molar-refractivity contribution < 1.29 is 0 Å². The molecule has 0 heterocycles. The summed E-state index contributed by atoms with van der Waals surface area (Å²) in [7, 11) is 2.20. The van der Waals surface area contributed by atoms with Gasteiger partial charge in [0.25, 0.3) is 0 Å². The molecule has 0 aliphatic heterocycles. The summed E-state index contributed by atoms with van der Waals surface area (Å²) in [6.07, 6.45) is 2.48. The molecule has 0 rings (SSSR count). The average Bonchev–Trinajstić information content (AvgIpc) is 2.09. The maximum absolute atomic E-state index is 5.79. The second-order valence-electron chi connectivity index (χ2n) is 5.18. The molecule has 0 saturated carbocycles. The van der Waals surface area contributed by atoms with E-state index >= 15 is 0 Å². The molecule has 0 aliphatic rings. The number of rotatable bonds is 7. The van der Waals surface area contributed by atoms with Crippen molar-refractivity contribution >= 4 is 0 Å². The van der Waals surface area contributed by atoms with Gasteiger partial charge in [-0.1, -0.05) is 27.7 Å². The minimum absolute atomic E-state index is 0.564. The van der Waals surface area contributed by atoms with Crippen molar-refractivity contribution in [3.05, 3.63) is 0 Å². The molecule has 2 N–H and O–H groups in total. The van der Waals surface area contributed by atoms with E-state index in [0.717, 1.165) is 18.4 Å². The summed E-state index contributed by atoms with van der Waals surface area (Å²) in [5, 5.41) is 0. The zero-order chi connectivity index (χ0) is 11.1. The van der Waals surface area contributed by atoms with Crippen LogP contribution in [0.5, 0.6) is 0 Å². The molecular formula is C12H28N2. The highest BCUT2D eigenvalue weighted by atomic mass is 15.1. The summed E-state index contributed by atoms with van der Waals surface area (Å²) in [4.78, 5) is 2.42. The lowest BCUT2D eigenvalue weighted by molar-refractivity contribution is 0.207. The van der Waals surface area contributed by atoms with Gasteiger partial charge in [0.2, 0.25) is 0 Å². The highest BCUT2D eigenvalue weighted by Gasteiger charge is 2.14. The van der Waals surface area contributed by atoms with Crippen molar-refractivity contribution in [2.75, 3.05) is 20.1 Å². The molecular weight excluding hydrogens is 172 g/mol. The Morgan fingerprint density at radius 3 is 2.00 bits per heavy atom. The highest BCUT2D eigenvalue weighted by Crippen LogP contribution is 2.11. The largest absolute Gasteiger partial charge is 0.329 e. The zero-order valence-corrected chi connectivity index (χ0v) is 10.6. The van der Waals surface area contributed by atoms with E-state index < -0.39 is 0 Å². The van der Waals surface area contributed by atoms with Gasteiger partial charge in [-0.2, -0.15) is 0 Å². The average molecular weight is 200 g/mol. The zero-order valence-electron chi connectivity index (χ0n) is 10.6. The predicted molar refractivity (Wildman–Crippen MR) is 64.4 cm³/mol. The molecule has 2 nitrogen and oxygen atoms in total. The van der Waals surface area contributed by atoms with Crippen LogP contribution in [0, 0.1) is 11.8 Å². The Balaban J connectivity index is 3.84. The van der Waals surface area contributed by atoms with Crippen molar-refractivity contribution in [3.63, 3.8) is 0 Å². The quantitative estimate of drug-likeness (QED) is 0.683. The number of nitrogens with zero attached hydrogens (tertiary/aromatic N) is 1. The fourth-order valence-corrected chi connectivity index (χ4v) is 1.64. The fraction of sp³-hybridized carbons (Fsp3) is 1.00. The first-order valence-corrected chi connectivity index (χ1v) is 5.87. The summed E-state index contributed by atoms with van der Waals surface area (Å²) in [6.45, 7) is 11.0. The lowest BCUT2D eigenvalue weighted by atomic mass is 10.0. The van der Waals surface area contributed by atoms with E-state index in [1.807, 2.05) is 0 Å². The maximum atomic E-state index is 5.79. The smallest absolute Gasteiger partial charge is 0.0217 e. The van der Waals surface area contributed by atoms with Crippen LogP contribution in [-0.2, 0) is 0 Å². The van der Waals surface area contributed by atoms with Crippen LogP contribution >= 0.6 is 0 Å². The maximum Gasteiger partial charge on any atom is 0.0217 e. The van der Waals surface area contributed by atoms with E-state index in [2.05, 4.69) is 39.6 Å². The van der Waals surface area contributed by atoms with Crippen molar-refractivity contribution in [3.8, 4) is 0 Å². The Labute approximate surface area is 89.9 Å². The van der Waals surface area contributed by atoms with Crippen LogP contribution in [0.15, 0.2) is 0 Å². The normalized spacial score (nSPS) is 14.4. The second-order valence-corrected chi connectivity index (χ2v) is 5.18. The standard InChI is InChI=1S/C12H28N2/c1-10(2)6-7-14(5)12(9-13)8-11(3)4/h10-12H,6-9,13H2,1-5H3. The molecule has 0 aromatic heterocycles. The SMILES string of the molecule is CC(C)CCN(C)C(CN)CC(C)C. The number of hydrogen-bond acceptors (Lipinski definition) is 2. The molecule has 0 amide bonds. The monoisotopic (exact) mass is 200 g/mol. The Bertz CT molecular complexity index is 132. The lowest BCUT2D eigenvalue weighted by Crippen LogP contribution is -2.39.